The van der Waals surface area contributed by atoms with E-state index in [1.807, 2.05) is 115 Å². The summed E-state index contributed by atoms with van der Waals surface area (Å²) < 4.78 is 47.6. The molecule has 0 saturated heterocycles. The van der Waals surface area contributed by atoms with E-state index in [-0.39, 0.29) is 28.8 Å². The number of ether oxygens (including phenoxy) is 2. The van der Waals surface area contributed by atoms with Gasteiger partial charge in [0.2, 0.25) is 11.2 Å². The molecule has 0 saturated carbocycles. The topological polar surface area (TPSA) is 167 Å². The molecule has 0 aliphatic heterocycles. The number of amides is 1. The molecule has 8 rings (SSSR count). The van der Waals surface area contributed by atoms with Crippen LogP contribution in [0, 0.1) is 10.8 Å². The lowest BCUT2D eigenvalue weighted by Gasteiger charge is -2.19. The van der Waals surface area contributed by atoms with Gasteiger partial charge >= 0.3 is 11.9 Å². The van der Waals surface area contributed by atoms with Crippen LogP contribution in [-0.4, -0.2) is 62.5 Å². The molecule has 0 fully saturated rings. The fraction of sp³-hybridized carbons (Fsp3) is 0.184. The monoisotopic (exact) mass is 1030 g/mol. The van der Waals surface area contributed by atoms with Gasteiger partial charge < -0.3 is 32.6 Å². The highest BCUT2D eigenvalue weighted by atomic mass is 79.9. The van der Waals surface area contributed by atoms with E-state index in [2.05, 4.69) is 31.9 Å². The SMILES string of the molecule is CS(=O)(=O)N(OC(=O)c1cccc(OCCCn2c(=N)n(Cc3ccc(Br)cc3)c3ccccc32)c1)C(=O)c1cccc(OCCCn2c(=N)n(Cc3cccc(Br)c3)c3ccccc32)c1. The number of aromatic nitrogens is 4. The van der Waals surface area contributed by atoms with Crippen LogP contribution in [0.1, 0.15) is 44.7 Å². The Bertz CT molecular complexity index is 3310. The number of halogens is 2. The van der Waals surface area contributed by atoms with E-state index in [1.54, 1.807) is 24.3 Å². The minimum atomic E-state index is -4.39. The van der Waals surface area contributed by atoms with Crippen LogP contribution in [0.4, 0.5) is 0 Å². The van der Waals surface area contributed by atoms with Gasteiger partial charge in [-0.25, -0.2) is 13.2 Å². The Morgan fingerprint density at radius 1 is 0.561 bits per heavy atom. The van der Waals surface area contributed by atoms with Gasteiger partial charge in [0.25, 0.3) is 10.0 Å². The van der Waals surface area contributed by atoms with Crippen LogP contribution in [0.25, 0.3) is 22.1 Å². The third kappa shape index (κ3) is 10.5. The Hall–Kier alpha value is -6.69. The Morgan fingerprint density at radius 3 is 1.58 bits per heavy atom. The lowest BCUT2D eigenvalue weighted by molar-refractivity contribution is -0.0308. The number of imidazole rings is 2. The Balaban J connectivity index is 0.869. The quantitative estimate of drug-likeness (QED) is 0.0679. The van der Waals surface area contributed by atoms with Crippen molar-refractivity contribution in [3.63, 3.8) is 0 Å². The summed E-state index contributed by atoms with van der Waals surface area (Å²) in [4.78, 5) is 32.3. The van der Waals surface area contributed by atoms with E-state index in [0.717, 1.165) is 48.4 Å². The number of carbonyl (C=O) groups excluding carboxylic acids is 2. The first-order valence-electron chi connectivity index (χ1n) is 21.0. The van der Waals surface area contributed by atoms with E-state index < -0.39 is 21.9 Å². The van der Waals surface area contributed by atoms with Crippen molar-refractivity contribution >= 4 is 75.8 Å². The summed E-state index contributed by atoms with van der Waals surface area (Å²) >= 11 is 7.01. The standard InChI is InChI=1S/C49H45Br2N7O7S/c1-66(61,62)58(46(59)36-12-7-15-40(30-36)63-27-9-26-55-43-18-3-5-20-45(43)57(49(55)53)33-35-11-6-14-39(51)29-35)65-47(60)37-13-8-16-41(31-37)64-28-10-25-54-42-17-2-4-19-44(42)56(48(54)52)32-34-21-23-38(50)24-22-34/h2-8,11-24,29-31,52-53H,9-10,25-28,32-33H2,1H3. The summed E-state index contributed by atoms with van der Waals surface area (Å²) in [5, 5.41) is 18.0. The number of carbonyl (C=O) groups is 2. The molecule has 17 heteroatoms. The molecule has 0 aliphatic rings. The summed E-state index contributed by atoms with van der Waals surface area (Å²) in [6, 6.07) is 43.8. The summed E-state index contributed by atoms with van der Waals surface area (Å²) in [5.41, 5.74) is 6.46. The molecule has 6 aromatic carbocycles. The maximum atomic E-state index is 13.7. The number of aryl methyl sites for hydroxylation is 2. The molecule has 2 heterocycles. The van der Waals surface area contributed by atoms with Crippen LogP contribution in [0.2, 0.25) is 0 Å². The van der Waals surface area contributed by atoms with Crippen molar-refractivity contribution in [1.29, 1.82) is 10.8 Å². The Labute approximate surface area is 397 Å². The van der Waals surface area contributed by atoms with Crippen molar-refractivity contribution in [2.45, 2.75) is 39.0 Å². The predicted molar refractivity (Wildman–Crippen MR) is 258 cm³/mol. The smallest absolute Gasteiger partial charge is 0.364 e. The number of rotatable bonds is 17. The van der Waals surface area contributed by atoms with Crippen LogP contribution in [0.15, 0.2) is 155 Å². The molecular weight excluding hydrogens is 990 g/mol. The third-order valence-electron chi connectivity index (χ3n) is 10.8. The van der Waals surface area contributed by atoms with Crippen LogP contribution in [0.5, 0.6) is 11.5 Å². The summed E-state index contributed by atoms with van der Waals surface area (Å²) in [6.45, 7) is 2.55. The number of para-hydroxylation sites is 4. The normalized spacial score (nSPS) is 11.5. The van der Waals surface area contributed by atoms with E-state index in [4.69, 9.17) is 25.1 Å². The maximum absolute atomic E-state index is 13.7. The van der Waals surface area contributed by atoms with Gasteiger partial charge in [-0.05, 0) is 109 Å². The Kier molecular flexibility index (Phi) is 14.1. The van der Waals surface area contributed by atoms with Crippen molar-refractivity contribution < 1.29 is 32.3 Å². The zero-order chi connectivity index (χ0) is 46.4. The highest BCUT2D eigenvalue weighted by Crippen LogP contribution is 2.22. The van der Waals surface area contributed by atoms with Gasteiger partial charge in [-0.15, -0.1) is 0 Å². The minimum Gasteiger partial charge on any atom is -0.494 e. The number of nitrogens with one attached hydrogen (secondary N) is 2. The van der Waals surface area contributed by atoms with Gasteiger partial charge in [-0.1, -0.05) is 97.0 Å². The van der Waals surface area contributed by atoms with Crippen molar-refractivity contribution in [3.05, 3.63) is 188 Å². The number of hydroxylamine groups is 1. The van der Waals surface area contributed by atoms with Gasteiger partial charge in [-0.2, -0.15) is 0 Å². The van der Waals surface area contributed by atoms with Crippen molar-refractivity contribution in [3.8, 4) is 11.5 Å². The molecule has 2 aromatic heterocycles. The molecule has 8 aromatic rings. The number of fused-ring (bicyclic) bond motifs is 2. The second-order valence-corrected chi connectivity index (χ2v) is 19.1. The van der Waals surface area contributed by atoms with E-state index in [0.29, 0.717) is 61.8 Å². The molecule has 0 aliphatic carbocycles. The predicted octanol–water partition coefficient (Wildman–Crippen LogP) is 8.89. The van der Waals surface area contributed by atoms with Crippen molar-refractivity contribution in [2.24, 2.45) is 0 Å². The fourth-order valence-electron chi connectivity index (χ4n) is 7.70. The second kappa shape index (κ2) is 20.2. The molecule has 66 heavy (non-hydrogen) atoms. The average Bonchev–Trinajstić information content (AvgIpc) is 3.73. The summed E-state index contributed by atoms with van der Waals surface area (Å²) in [5.74, 6) is -1.52. The Morgan fingerprint density at radius 2 is 1.05 bits per heavy atom. The number of hydrogen-bond donors (Lipinski definition) is 2. The fourth-order valence-corrected chi connectivity index (χ4v) is 9.02. The van der Waals surface area contributed by atoms with Crippen LogP contribution < -0.4 is 20.7 Å². The van der Waals surface area contributed by atoms with E-state index in [9.17, 15) is 18.0 Å². The largest absolute Gasteiger partial charge is 0.494 e. The molecular formula is C49H45Br2N7O7S. The van der Waals surface area contributed by atoms with Gasteiger partial charge in [0, 0.05) is 27.6 Å². The van der Waals surface area contributed by atoms with Crippen LogP contribution in [-0.2, 0) is 41.0 Å². The van der Waals surface area contributed by atoms with E-state index >= 15 is 0 Å². The van der Waals surface area contributed by atoms with Crippen LogP contribution in [0.3, 0.4) is 0 Å². The van der Waals surface area contributed by atoms with Gasteiger partial charge in [0.15, 0.2) is 0 Å². The number of sulfonamides is 1. The first-order chi connectivity index (χ1) is 31.8. The molecule has 338 valence electrons. The number of nitrogens with zero attached hydrogens (tertiary/aromatic N) is 5. The number of hydrogen-bond acceptors (Lipinski definition) is 9. The maximum Gasteiger partial charge on any atom is 0.364 e. The van der Waals surface area contributed by atoms with Crippen molar-refractivity contribution in [2.75, 3.05) is 19.5 Å². The average molecular weight is 1040 g/mol. The first-order valence-corrected chi connectivity index (χ1v) is 24.4. The highest BCUT2D eigenvalue weighted by Gasteiger charge is 2.30. The van der Waals surface area contributed by atoms with Gasteiger partial charge in [-0.3, -0.25) is 15.6 Å². The zero-order valence-electron chi connectivity index (χ0n) is 35.8. The minimum absolute atomic E-state index is 0.0326. The molecule has 14 nitrogen and oxygen atoms in total. The third-order valence-corrected chi connectivity index (χ3v) is 12.7. The molecule has 0 atom stereocenters. The second-order valence-electron chi connectivity index (χ2n) is 15.5. The lowest BCUT2D eigenvalue weighted by Crippen LogP contribution is -2.38. The molecule has 0 bridgehead atoms. The van der Waals surface area contributed by atoms with Gasteiger partial charge in [0.05, 0.1) is 60.2 Å². The van der Waals surface area contributed by atoms with Gasteiger partial charge in [0.1, 0.15) is 11.5 Å². The molecule has 2 N–H and O–H groups in total. The summed E-state index contributed by atoms with van der Waals surface area (Å²) in [6.07, 6.45) is 1.84. The number of benzene rings is 6. The van der Waals surface area contributed by atoms with E-state index in [1.165, 1.54) is 24.3 Å². The van der Waals surface area contributed by atoms with Crippen molar-refractivity contribution in [1.82, 2.24) is 22.7 Å². The zero-order valence-corrected chi connectivity index (χ0v) is 39.8. The molecule has 0 radical (unpaired) electrons. The summed E-state index contributed by atoms with van der Waals surface area (Å²) in [7, 11) is -4.39. The first kappa shape index (κ1) is 45.9. The molecule has 0 unspecified atom stereocenters. The van der Waals surface area contributed by atoms with Crippen LogP contribution >= 0.6 is 31.9 Å². The molecule has 0 spiro atoms. The lowest BCUT2D eigenvalue weighted by atomic mass is 10.2. The highest BCUT2D eigenvalue weighted by molar-refractivity contribution is 9.10. The molecule has 1 amide bonds.